The topological polar surface area (TPSA) is 24.8 Å². The van der Waals surface area contributed by atoms with Crippen LogP contribution in [0.5, 0.6) is 0 Å². The number of hydrogen-bond donors (Lipinski definition) is 1. The minimum absolute atomic E-state index is 0.141. The number of anilines is 1. The molecule has 0 spiro atoms. The van der Waals surface area contributed by atoms with Gasteiger partial charge in [-0.3, -0.25) is 4.79 Å². The molecule has 0 radical (unpaired) electrons. The molecule has 1 unspecified atom stereocenters. The highest BCUT2D eigenvalue weighted by atomic mass is 32.2. The first-order valence-electron chi connectivity index (χ1n) is 8.64. The third-order valence-electron chi connectivity index (χ3n) is 4.42. The van der Waals surface area contributed by atoms with E-state index < -0.39 is 0 Å². The Balaban J connectivity index is 1.69. The molecule has 0 saturated heterocycles. The van der Waals surface area contributed by atoms with Crippen molar-refractivity contribution in [2.75, 3.05) is 25.0 Å². The molecule has 2 atom stereocenters. The van der Waals surface area contributed by atoms with Gasteiger partial charge in [-0.1, -0.05) is 31.2 Å². The number of nitrogens with one attached hydrogen (secondary N) is 1. The summed E-state index contributed by atoms with van der Waals surface area (Å²) in [5.74, 6) is -0.0907. The molecule has 0 bridgehead atoms. The van der Waals surface area contributed by atoms with Crippen LogP contribution in [0.25, 0.3) is 0 Å². The van der Waals surface area contributed by atoms with Crippen LogP contribution in [0.4, 0.5) is 10.1 Å². The summed E-state index contributed by atoms with van der Waals surface area (Å²) >= 11 is 1.84. The Kier molecular flexibility index (Phi) is 5.76. The number of hydrogen-bond acceptors (Lipinski definition) is 2. The smallest absolute Gasteiger partial charge is 0.282 e. The van der Waals surface area contributed by atoms with E-state index in [9.17, 15) is 9.18 Å². The van der Waals surface area contributed by atoms with E-state index >= 15 is 0 Å². The molecular formula is C20H24FN2OS+. The van der Waals surface area contributed by atoms with Crippen LogP contribution in [0, 0.1) is 5.82 Å². The summed E-state index contributed by atoms with van der Waals surface area (Å²) in [5.41, 5.74) is 2.06. The number of likely N-dealkylation sites (N-methyl/N-ethyl adjacent to an activating group) is 1. The zero-order valence-electron chi connectivity index (χ0n) is 14.7. The van der Waals surface area contributed by atoms with Crippen molar-refractivity contribution in [2.45, 2.75) is 30.0 Å². The highest BCUT2D eigenvalue weighted by molar-refractivity contribution is 8.00. The van der Waals surface area contributed by atoms with E-state index in [2.05, 4.69) is 13.0 Å². The summed E-state index contributed by atoms with van der Waals surface area (Å²) < 4.78 is 13.0. The molecule has 1 N–H and O–H groups in total. The van der Waals surface area contributed by atoms with Crippen molar-refractivity contribution in [1.82, 2.24) is 0 Å². The largest absolute Gasteiger partial charge is 0.326 e. The molecule has 132 valence electrons. The van der Waals surface area contributed by atoms with Gasteiger partial charge in [-0.2, -0.15) is 0 Å². The number of rotatable bonds is 4. The van der Waals surface area contributed by atoms with Gasteiger partial charge in [0.2, 0.25) is 0 Å². The number of benzene rings is 2. The lowest BCUT2D eigenvalue weighted by Gasteiger charge is -2.24. The Morgan fingerprint density at radius 2 is 1.96 bits per heavy atom. The Morgan fingerprint density at radius 3 is 2.72 bits per heavy atom. The quantitative estimate of drug-likeness (QED) is 0.908. The summed E-state index contributed by atoms with van der Waals surface area (Å²) in [4.78, 5) is 17.1. The Bertz CT molecular complexity index is 735. The maximum Gasteiger partial charge on any atom is 0.282 e. The van der Waals surface area contributed by atoms with E-state index in [0.717, 1.165) is 29.1 Å². The van der Waals surface area contributed by atoms with E-state index in [-0.39, 0.29) is 11.7 Å². The number of thioether (sulfide) groups is 1. The predicted molar refractivity (Wildman–Crippen MR) is 101 cm³/mol. The van der Waals surface area contributed by atoms with Crippen molar-refractivity contribution in [3.8, 4) is 0 Å². The Labute approximate surface area is 152 Å². The second-order valence-corrected chi connectivity index (χ2v) is 8.15. The lowest BCUT2D eigenvalue weighted by molar-refractivity contribution is -0.885. The van der Waals surface area contributed by atoms with Crippen molar-refractivity contribution < 1.29 is 14.1 Å². The average molecular weight is 359 g/mol. The van der Waals surface area contributed by atoms with Crippen LogP contribution in [0.2, 0.25) is 0 Å². The molecule has 0 aliphatic carbocycles. The zero-order chi connectivity index (χ0) is 17.8. The number of halogens is 1. The minimum Gasteiger partial charge on any atom is -0.326 e. The summed E-state index contributed by atoms with van der Waals surface area (Å²) in [6.07, 6.45) is 0.988. The lowest BCUT2D eigenvalue weighted by Crippen LogP contribution is -3.09. The average Bonchev–Trinajstić information content (AvgIpc) is 2.75. The molecule has 2 aromatic rings. The first-order chi connectivity index (χ1) is 12.0. The molecule has 3 nitrogen and oxygen atoms in total. The molecule has 5 heteroatoms. The second-order valence-electron chi connectivity index (χ2n) is 6.67. The lowest BCUT2D eigenvalue weighted by atomic mass is 10.2. The molecule has 1 heterocycles. The van der Waals surface area contributed by atoms with Crippen LogP contribution >= 0.6 is 11.8 Å². The maximum absolute atomic E-state index is 13.0. The summed E-state index contributed by atoms with van der Waals surface area (Å²) in [6.45, 7) is 4.09. The molecule has 1 amide bonds. The highest BCUT2D eigenvalue weighted by Gasteiger charge is 2.25. The third kappa shape index (κ3) is 4.61. The normalized spacial score (nSPS) is 18.4. The molecule has 2 aromatic carbocycles. The van der Waals surface area contributed by atoms with E-state index in [0.29, 0.717) is 18.3 Å². The Morgan fingerprint density at radius 1 is 1.24 bits per heavy atom. The molecule has 3 rings (SSSR count). The molecule has 0 fully saturated rings. The maximum atomic E-state index is 13.0. The number of carbonyl (C=O) groups is 1. The van der Waals surface area contributed by atoms with Gasteiger partial charge in [-0.15, -0.1) is 11.8 Å². The van der Waals surface area contributed by atoms with E-state index in [1.807, 2.05) is 41.9 Å². The zero-order valence-corrected chi connectivity index (χ0v) is 15.5. The van der Waals surface area contributed by atoms with Gasteiger partial charge < -0.3 is 9.80 Å². The fraction of sp³-hybridized carbons (Fsp3) is 0.350. The number of quaternary nitrogens is 1. The number of fused-ring (bicyclic) bond motifs is 1. The van der Waals surface area contributed by atoms with Crippen LogP contribution in [0.15, 0.2) is 53.4 Å². The molecule has 0 aromatic heterocycles. The van der Waals surface area contributed by atoms with Crippen LogP contribution in [0.3, 0.4) is 0 Å². The molecule has 1 aliphatic heterocycles. The SMILES string of the molecule is C[C@H]1CCN(C(=O)C[NH+](C)Cc2ccc(F)cc2)c2ccccc2S1. The van der Waals surface area contributed by atoms with Gasteiger partial charge in [-0.25, -0.2) is 4.39 Å². The molecule has 1 aliphatic rings. The first kappa shape index (κ1) is 18.0. The minimum atomic E-state index is -0.231. The van der Waals surface area contributed by atoms with Crippen molar-refractivity contribution in [2.24, 2.45) is 0 Å². The van der Waals surface area contributed by atoms with Crippen LogP contribution in [-0.2, 0) is 11.3 Å². The number of para-hydroxylation sites is 1. The summed E-state index contributed by atoms with van der Waals surface area (Å²) in [6, 6.07) is 14.6. The summed E-state index contributed by atoms with van der Waals surface area (Å²) in [5, 5.41) is 0.503. The number of nitrogens with zero attached hydrogens (tertiary/aromatic N) is 1. The van der Waals surface area contributed by atoms with E-state index in [1.165, 1.54) is 17.0 Å². The highest BCUT2D eigenvalue weighted by Crippen LogP contribution is 2.37. The second kappa shape index (κ2) is 8.02. The van der Waals surface area contributed by atoms with Crippen molar-refractivity contribution in [1.29, 1.82) is 0 Å². The van der Waals surface area contributed by atoms with E-state index in [1.54, 1.807) is 12.1 Å². The van der Waals surface area contributed by atoms with Crippen molar-refractivity contribution in [3.05, 3.63) is 59.9 Å². The number of carbonyl (C=O) groups excluding carboxylic acids is 1. The van der Waals surface area contributed by atoms with E-state index in [4.69, 9.17) is 0 Å². The molecule has 0 saturated carbocycles. The molecular weight excluding hydrogens is 335 g/mol. The van der Waals surface area contributed by atoms with Gasteiger partial charge in [0.05, 0.1) is 12.7 Å². The van der Waals surface area contributed by atoms with Crippen LogP contribution < -0.4 is 9.80 Å². The summed E-state index contributed by atoms with van der Waals surface area (Å²) in [7, 11) is 2.00. The monoisotopic (exact) mass is 359 g/mol. The van der Waals surface area contributed by atoms with Gasteiger partial charge in [0.25, 0.3) is 5.91 Å². The first-order valence-corrected chi connectivity index (χ1v) is 9.52. The van der Waals surface area contributed by atoms with Gasteiger partial charge in [0, 0.05) is 22.3 Å². The van der Waals surface area contributed by atoms with Gasteiger partial charge in [-0.05, 0) is 30.7 Å². The van der Waals surface area contributed by atoms with Crippen LogP contribution in [-0.4, -0.2) is 31.3 Å². The Hall–Kier alpha value is -1.85. The van der Waals surface area contributed by atoms with Crippen molar-refractivity contribution >= 4 is 23.4 Å². The van der Waals surface area contributed by atoms with Crippen LogP contribution in [0.1, 0.15) is 18.9 Å². The van der Waals surface area contributed by atoms with Gasteiger partial charge >= 0.3 is 0 Å². The fourth-order valence-electron chi connectivity index (χ4n) is 3.11. The van der Waals surface area contributed by atoms with Gasteiger partial charge in [0.15, 0.2) is 6.54 Å². The van der Waals surface area contributed by atoms with Crippen molar-refractivity contribution in [3.63, 3.8) is 0 Å². The molecule has 25 heavy (non-hydrogen) atoms. The van der Waals surface area contributed by atoms with Gasteiger partial charge in [0.1, 0.15) is 12.4 Å². The fourth-order valence-corrected chi connectivity index (χ4v) is 4.23. The predicted octanol–water partition coefficient (Wildman–Crippen LogP) is 2.76. The number of amides is 1. The standard InChI is InChI=1S/C20H23FN2OS/c1-15-11-12-23(18-5-3-4-6-19(18)25-15)20(24)14-22(2)13-16-7-9-17(21)10-8-16/h3-10,15H,11-14H2,1-2H3/p+1/t15-/m0/s1. The third-order valence-corrected chi connectivity index (χ3v) is 5.65.